The Labute approximate surface area is 119 Å². The van der Waals surface area contributed by atoms with E-state index in [0.29, 0.717) is 0 Å². The number of aromatic carboxylic acids is 1. The minimum atomic E-state index is -4.65. The third-order valence-electron chi connectivity index (χ3n) is 2.68. The second kappa shape index (κ2) is 5.98. The fraction of sp³-hybridized carbons (Fsp3) is 0.300. The van der Waals surface area contributed by atoms with Crippen molar-refractivity contribution < 1.29 is 38.6 Å². The molecule has 118 valence electrons. The molecule has 0 radical (unpaired) electrons. The van der Waals surface area contributed by atoms with Gasteiger partial charge in [-0.3, -0.25) is 9.13 Å². The highest BCUT2D eigenvalue weighted by Crippen LogP contribution is 2.47. The molecule has 0 amide bonds. The van der Waals surface area contributed by atoms with E-state index in [1.165, 1.54) is 12.1 Å². The molecule has 21 heavy (non-hydrogen) atoms. The standard InChI is InChI=1S/C10H15NO8P2/c11-10(5-20(14,15)16,6-21(17,18)19)8-3-1-7(2-4-8)9(12)13/h1-4H,5-6,11H2,(H,12,13)(H2,14,15,16)(H2,17,18,19). The molecule has 1 rings (SSSR count). The van der Waals surface area contributed by atoms with E-state index >= 15 is 0 Å². The fourth-order valence-corrected chi connectivity index (χ4v) is 4.15. The molecular weight excluding hydrogens is 324 g/mol. The number of benzene rings is 1. The van der Waals surface area contributed by atoms with Gasteiger partial charge in [-0.1, -0.05) is 12.1 Å². The SMILES string of the molecule is NC(CP(=O)(O)O)(CP(=O)(O)O)c1ccc(C(=O)O)cc1. The monoisotopic (exact) mass is 339 g/mol. The Morgan fingerprint density at radius 1 is 1.00 bits per heavy atom. The first-order valence-corrected chi connectivity index (χ1v) is 9.14. The summed E-state index contributed by atoms with van der Waals surface area (Å²) in [5.74, 6) is -1.21. The van der Waals surface area contributed by atoms with Crippen LogP contribution in [-0.2, 0) is 14.7 Å². The van der Waals surface area contributed by atoms with Gasteiger partial charge < -0.3 is 30.4 Å². The van der Waals surface area contributed by atoms with Gasteiger partial charge >= 0.3 is 21.2 Å². The summed E-state index contributed by atoms with van der Waals surface area (Å²) in [7, 11) is -9.31. The molecule has 7 N–H and O–H groups in total. The molecule has 0 bridgehead atoms. The molecule has 0 unspecified atom stereocenters. The first-order valence-electron chi connectivity index (χ1n) is 5.54. The zero-order valence-electron chi connectivity index (χ0n) is 10.7. The van der Waals surface area contributed by atoms with Crippen molar-refractivity contribution in [3.63, 3.8) is 0 Å². The van der Waals surface area contributed by atoms with Gasteiger partial charge in [0.25, 0.3) is 0 Å². The van der Waals surface area contributed by atoms with Gasteiger partial charge in [0.1, 0.15) is 0 Å². The lowest BCUT2D eigenvalue weighted by Crippen LogP contribution is -2.44. The van der Waals surface area contributed by atoms with Crippen LogP contribution in [0.25, 0.3) is 0 Å². The van der Waals surface area contributed by atoms with Gasteiger partial charge in [-0.05, 0) is 17.7 Å². The van der Waals surface area contributed by atoms with E-state index in [1.807, 2.05) is 0 Å². The van der Waals surface area contributed by atoms with Crippen molar-refractivity contribution in [2.75, 3.05) is 12.3 Å². The van der Waals surface area contributed by atoms with Crippen LogP contribution >= 0.6 is 15.2 Å². The molecule has 0 aliphatic carbocycles. The van der Waals surface area contributed by atoms with E-state index in [-0.39, 0.29) is 11.1 Å². The molecular formula is C10H15NO8P2. The van der Waals surface area contributed by atoms with Crippen LogP contribution in [-0.4, -0.2) is 43.0 Å². The minimum Gasteiger partial charge on any atom is -0.478 e. The number of hydrogen-bond donors (Lipinski definition) is 6. The Morgan fingerprint density at radius 2 is 1.38 bits per heavy atom. The van der Waals surface area contributed by atoms with Gasteiger partial charge in [-0.15, -0.1) is 0 Å². The van der Waals surface area contributed by atoms with Crippen LogP contribution in [0, 0.1) is 0 Å². The van der Waals surface area contributed by atoms with E-state index in [9.17, 15) is 13.9 Å². The van der Waals surface area contributed by atoms with Crippen molar-refractivity contribution in [3.8, 4) is 0 Å². The highest BCUT2D eigenvalue weighted by atomic mass is 31.2. The molecule has 0 spiro atoms. The van der Waals surface area contributed by atoms with Gasteiger partial charge in [0.2, 0.25) is 0 Å². The van der Waals surface area contributed by atoms with Crippen molar-refractivity contribution in [1.29, 1.82) is 0 Å². The van der Waals surface area contributed by atoms with E-state index in [4.69, 9.17) is 30.4 Å². The number of carboxylic acid groups (broad SMARTS) is 1. The van der Waals surface area contributed by atoms with E-state index in [2.05, 4.69) is 0 Å². The van der Waals surface area contributed by atoms with Crippen molar-refractivity contribution in [3.05, 3.63) is 35.4 Å². The molecule has 0 atom stereocenters. The topological polar surface area (TPSA) is 178 Å². The Kier molecular flexibility index (Phi) is 5.13. The highest BCUT2D eigenvalue weighted by molar-refractivity contribution is 7.53. The Hall–Kier alpha value is -1.05. The number of hydrogen-bond acceptors (Lipinski definition) is 4. The average Bonchev–Trinajstić information content (AvgIpc) is 2.23. The second-order valence-electron chi connectivity index (χ2n) is 4.68. The number of rotatable bonds is 6. The van der Waals surface area contributed by atoms with Crippen molar-refractivity contribution in [2.45, 2.75) is 5.54 Å². The second-order valence-corrected chi connectivity index (χ2v) is 7.98. The van der Waals surface area contributed by atoms with Crippen LogP contribution < -0.4 is 5.73 Å². The average molecular weight is 339 g/mol. The Morgan fingerprint density at radius 3 is 1.67 bits per heavy atom. The molecule has 1 aromatic carbocycles. The molecule has 0 saturated heterocycles. The lowest BCUT2D eigenvalue weighted by atomic mass is 9.94. The maximum atomic E-state index is 11.1. The zero-order chi connectivity index (χ0) is 16.5. The predicted molar refractivity (Wildman–Crippen MR) is 73.1 cm³/mol. The molecule has 0 aromatic heterocycles. The van der Waals surface area contributed by atoms with E-state index < -0.39 is 39.0 Å². The summed E-state index contributed by atoms with van der Waals surface area (Å²) in [6.07, 6.45) is -1.95. The molecule has 0 saturated carbocycles. The summed E-state index contributed by atoms with van der Waals surface area (Å²) >= 11 is 0. The molecule has 0 fully saturated rings. The summed E-state index contributed by atoms with van der Waals surface area (Å²) in [4.78, 5) is 46.9. The predicted octanol–water partition coefficient (Wildman–Crippen LogP) is -0.106. The molecule has 9 nitrogen and oxygen atoms in total. The Balaban J connectivity index is 3.26. The fourth-order valence-electron chi connectivity index (χ4n) is 1.91. The summed E-state index contributed by atoms with van der Waals surface area (Å²) in [6.45, 7) is 0. The first-order chi connectivity index (χ1) is 9.32. The molecule has 1 aromatic rings. The number of carboxylic acids is 1. The molecule has 11 heteroatoms. The molecule has 0 aliphatic rings. The van der Waals surface area contributed by atoms with Gasteiger partial charge in [0, 0.05) is 0 Å². The third kappa shape index (κ3) is 5.68. The molecule has 0 aliphatic heterocycles. The summed E-state index contributed by atoms with van der Waals surface area (Å²) in [5.41, 5.74) is 3.75. The minimum absolute atomic E-state index is 0.0270. The van der Waals surface area contributed by atoms with Crippen LogP contribution in [0.4, 0.5) is 0 Å². The lowest BCUT2D eigenvalue weighted by Gasteiger charge is -2.30. The normalized spacial score (nSPS) is 13.2. The van der Waals surface area contributed by atoms with Gasteiger partial charge in [-0.2, -0.15) is 0 Å². The van der Waals surface area contributed by atoms with Gasteiger partial charge in [0.05, 0.1) is 23.4 Å². The third-order valence-corrected chi connectivity index (χ3v) is 4.64. The van der Waals surface area contributed by atoms with Gasteiger partial charge in [-0.25, -0.2) is 4.79 Å². The van der Waals surface area contributed by atoms with Crippen LogP contribution in [0.15, 0.2) is 24.3 Å². The Bertz CT molecular complexity index is 592. The maximum Gasteiger partial charge on any atom is 0.335 e. The zero-order valence-corrected chi connectivity index (χ0v) is 12.4. The quantitative estimate of drug-likeness (QED) is 0.386. The van der Waals surface area contributed by atoms with Crippen molar-refractivity contribution >= 4 is 21.2 Å². The van der Waals surface area contributed by atoms with Crippen LogP contribution in [0.1, 0.15) is 15.9 Å². The lowest BCUT2D eigenvalue weighted by molar-refractivity contribution is 0.0696. The summed E-state index contributed by atoms with van der Waals surface area (Å²) in [6, 6.07) is 4.63. The first kappa shape index (κ1) is 18.0. The van der Waals surface area contributed by atoms with E-state index in [0.717, 1.165) is 12.1 Å². The number of carbonyl (C=O) groups is 1. The largest absolute Gasteiger partial charge is 0.478 e. The van der Waals surface area contributed by atoms with Crippen molar-refractivity contribution in [2.24, 2.45) is 5.73 Å². The van der Waals surface area contributed by atoms with Crippen LogP contribution in [0.3, 0.4) is 0 Å². The highest BCUT2D eigenvalue weighted by Gasteiger charge is 2.40. The van der Waals surface area contributed by atoms with Gasteiger partial charge in [0.15, 0.2) is 0 Å². The smallest absolute Gasteiger partial charge is 0.335 e. The van der Waals surface area contributed by atoms with Crippen molar-refractivity contribution in [1.82, 2.24) is 0 Å². The summed E-state index contributed by atoms with van der Waals surface area (Å²) < 4.78 is 22.3. The number of nitrogens with two attached hydrogens (primary N) is 1. The molecule has 0 heterocycles. The summed E-state index contributed by atoms with van der Waals surface area (Å²) in [5, 5.41) is 8.77. The maximum absolute atomic E-state index is 11.1. The van der Waals surface area contributed by atoms with Crippen LogP contribution in [0.5, 0.6) is 0 Å². The van der Waals surface area contributed by atoms with Crippen LogP contribution in [0.2, 0.25) is 0 Å². The van der Waals surface area contributed by atoms with E-state index in [1.54, 1.807) is 0 Å².